The van der Waals surface area contributed by atoms with Gasteiger partial charge in [0.1, 0.15) is 6.61 Å². The van der Waals surface area contributed by atoms with Gasteiger partial charge in [0.25, 0.3) is 0 Å². The monoisotopic (exact) mass is 719 g/mol. The maximum Gasteiger partial charge on any atom is 0.472 e. The molecule has 2 atom stereocenters. The minimum atomic E-state index is -4.25. The minimum Gasteiger partial charge on any atom is -0.483 e. The van der Waals surface area contributed by atoms with E-state index in [1.165, 1.54) is 96.3 Å². The molecule has 0 radical (unpaired) electrons. The summed E-state index contributed by atoms with van der Waals surface area (Å²) in [6.07, 6.45) is 36.6. The summed E-state index contributed by atoms with van der Waals surface area (Å²) >= 11 is 10.9. The number of hydrogen-bond donors (Lipinski definition) is 2. The molecule has 0 rings (SSSR count). The fourth-order valence-electron chi connectivity index (χ4n) is 4.97. The summed E-state index contributed by atoms with van der Waals surface area (Å²) in [6, 6.07) is 0. The van der Waals surface area contributed by atoms with E-state index < -0.39 is 13.9 Å². The highest BCUT2D eigenvalue weighted by Crippen LogP contribution is 2.43. The smallest absolute Gasteiger partial charge is 0.472 e. The number of thiocarbonyl (C=S) groups is 2. The SMILES string of the molecule is CCCCCCC/C=C\CCCCCCC(=S)OC[C@H](COP(=O)(O)OCCN)OC(=S)CCCCCC/C=C\CCCCCCC. The van der Waals surface area contributed by atoms with Gasteiger partial charge in [-0.05, 0) is 88.6 Å². The zero-order valence-corrected chi connectivity index (χ0v) is 32.5. The molecule has 276 valence electrons. The molecule has 3 N–H and O–H groups in total. The Morgan fingerprint density at radius 3 is 1.51 bits per heavy atom. The van der Waals surface area contributed by atoms with Crippen molar-refractivity contribution in [2.75, 3.05) is 26.4 Å². The highest BCUT2D eigenvalue weighted by atomic mass is 32.1. The molecular weight excluding hydrogens is 650 g/mol. The van der Waals surface area contributed by atoms with Gasteiger partial charge in [0.2, 0.25) is 0 Å². The molecule has 0 bridgehead atoms. The van der Waals surface area contributed by atoms with Gasteiger partial charge >= 0.3 is 7.82 Å². The number of unbranched alkanes of at least 4 members (excludes halogenated alkanes) is 18. The summed E-state index contributed by atoms with van der Waals surface area (Å²) in [5.74, 6) is 0. The predicted molar refractivity (Wildman–Crippen MR) is 207 cm³/mol. The third kappa shape index (κ3) is 35.0. The molecule has 0 aliphatic rings. The first-order chi connectivity index (χ1) is 22.8. The third-order valence-corrected chi connectivity index (χ3v) is 9.42. The first kappa shape index (κ1) is 46.3. The summed E-state index contributed by atoms with van der Waals surface area (Å²) in [5, 5.41) is 0.946. The van der Waals surface area contributed by atoms with E-state index in [9.17, 15) is 9.46 Å². The zero-order valence-electron chi connectivity index (χ0n) is 30.0. The first-order valence-corrected chi connectivity index (χ1v) is 21.1. The van der Waals surface area contributed by atoms with E-state index in [1.54, 1.807) is 0 Å². The average molecular weight is 720 g/mol. The molecule has 0 aromatic heterocycles. The summed E-state index contributed by atoms with van der Waals surface area (Å²) in [4.78, 5) is 9.92. The van der Waals surface area contributed by atoms with E-state index in [0.29, 0.717) is 22.9 Å². The van der Waals surface area contributed by atoms with Gasteiger partial charge in [-0.1, -0.05) is 115 Å². The summed E-state index contributed by atoms with van der Waals surface area (Å²) in [5.41, 5.74) is 5.37. The quantitative estimate of drug-likeness (QED) is 0.0287. The van der Waals surface area contributed by atoms with Crippen molar-refractivity contribution in [2.45, 2.75) is 174 Å². The maximum atomic E-state index is 12.2. The average Bonchev–Trinajstić information content (AvgIpc) is 3.05. The van der Waals surface area contributed by atoms with Crippen molar-refractivity contribution < 1.29 is 28.0 Å². The molecule has 0 aromatic carbocycles. The second-order valence-corrected chi connectivity index (χ2v) is 14.8. The Morgan fingerprint density at radius 1 is 0.638 bits per heavy atom. The van der Waals surface area contributed by atoms with Crippen LogP contribution >= 0.6 is 32.3 Å². The lowest BCUT2D eigenvalue weighted by Crippen LogP contribution is -2.29. The van der Waals surface area contributed by atoms with E-state index in [2.05, 4.69) is 38.2 Å². The second kappa shape index (κ2) is 35.2. The molecule has 0 aliphatic carbocycles. The number of hydrogen-bond acceptors (Lipinski definition) is 8. The second-order valence-electron chi connectivity index (χ2n) is 12.4. The molecule has 0 aliphatic heterocycles. The van der Waals surface area contributed by atoms with Crippen molar-refractivity contribution in [2.24, 2.45) is 5.73 Å². The normalized spacial score (nSPS) is 13.7. The number of phosphoric ester groups is 1. The van der Waals surface area contributed by atoms with E-state index in [4.69, 9.17) is 48.7 Å². The lowest BCUT2D eigenvalue weighted by atomic mass is 10.1. The first-order valence-electron chi connectivity index (χ1n) is 18.8. The molecule has 0 aromatic rings. The number of phosphoric acid groups is 1. The van der Waals surface area contributed by atoms with Gasteiger partial charge < -0.3 is 20.1 Å². The highest BCUT2D eigenvalue weighted by molar-refractivity contribution is 7.80. The largest absolute Gasteiger partial charge is 0.483 e. The van der Waals surface area contributed by atoms with Crippen LogP contribution in [-0.2, 0) is 23.1 Å². The Balaban J connectivity index is 4.27. The molecule has 0 amide bonds. The molecule has 0 saturated carbocycles. The zero-order chi connectivity index (χ0) is 34.7. The molecule has 10 heteroatoms. The summed E-state index contributed by atoms with van der Waals surface area (Å²) in [6.45, 7) is 4.41. The topological polar surface area (TPSA) is 100 Å². The molecule has 0 fully saturated rings. The molecule has 47 heavy (non-hydrogen) atoms. The van der Waals surface area contributed by atoms with Gasteiger partial charge in [-0.3, -0.25) is 9.05 Å². The Labute approximate surface area is 299 Å². The van der Waals surface area contributed by atoms with Crippen molar-refractivity contribution in [3.63, 3.8) is 0 Å². The van der Waals surface area contributed by atoms with E-state index >= 15 is 0 Å². The van der Waals surface area contributed by atoms with Gasteiger partial charge in [-0.2, -0.15) is 0 Å². The predicted octanol–water partition coefficient (Wildman–Crippen LogP) is 11.6. The Kier molecular flexibility index (Phi) is 34.7. The molecule has 0 spiro atoms. The van der Waals surface area contributed by atoms with E-state index in [-0.39, 0.29) is 26.4 Å². The van der Waals surface area contributed by atoms with Gasteiger partial charge in [-0.15, -0.1) is 0 Å². The minimum absolute atomic E-state index is 0.0808. The summed E-state index contributed by atoms with van der Waals surface area (Å²) in [7, 11) is -4.25. The lowest BCUT2D eigenvalue weighted by molar-refractivity contribution is 0.0491. The number of nitrogens with two attached hydrogens (primary N) is 1. The molecular formula is C37H70NO6PS2. The van der Waals surface area contributed by atoms with Gasteiger partial charge in [0, 0.05) is 19.4 Å². The fraction of sp³-hybridized carbons (Fsp3) is 0.838. The van der Waals surface area contributed by atoms with E-state index in [0.717, 1.165) is 44.9 Å². The Hall–Kier alpha value is -0.670. The van der Waals surface area contributed by atoms with Crippen molar-refractivity contribution in [3.8, 4) is 0 Å². The molecule has 7 nitrogen and oxygen atoms in total. The van der Waals surface area contributed by atoms with Crippen LogP contribution in [0.15, 0.2) is 24.3 Å². The Morgan fingerprint density at radius 2 is 1.06 bits per heavy atom. The van der Waals surface area contributed by atoms with Crippen molar-refractivity contribution >= 4 is 42.4 Å². The van der Waals surface area contributed by atoms with Gasteiger partial charge in [0.05, 0.1) is 13.2 Å². The molecule has 1 unspecified atom stereocenters. The van der Waals surface area contributed by atoms with Crippen LogP contribution in [0.4, 0.5) is 0 Å². The fourth-order valence-corrected chi connectivity index (χ4v) is 6.23. The number of ether oxygens (including phenoxy) is 2. The van der Waals surface area contributed by atoms with Crippen LogP contribution in [0.1, 0.15) is 168 Å². The van der Waals surface area contributed by atoms with E-state index in [1.807, 2.05) is 0 Å². The van der Waals surface area contributed by atoms with Crippen LogP contribution in [0.2, 0.25) is 0 Å². The van der Waals surface area contributed by atoms with Crippen LogP contribution in [-0.4, -0.2) is 47.5 Å². The maximum absolute atomic E-state index is 12.2. The molecule has 0 saturated heterocycles. The number of rotatable bonds is 35. The van der Waals surface area contributed by atoms with Crippen molar-refractivity contribution in [3.05, 3.63) is 24.3 Å². The third-order valence-electron chi connectivity index (χ3n) is 7.81. The van der Waals surface area contributed by atoms with Crippen molar-refractivity contribution in [1.82, 2.24) is 0 Å². The van der Waals surface area contributed by atoms with Crippen LogP contribution in [0.3, 0.4) is 0 Å². The number of allylic oxidation sites excluding steroid dienone is 4. The molecule has 0 heterocycles. The van der Waals surface area contributed by atoms with Crippen LogP contribution in [0.25, 0.3) is 0 Å². The standard InChI is InChI=1S/C37H70NO6PS2/c1-3-5-7-9-11-13-15-17-19-21-23-25-27-29-36(46)41-33-35(34-43-45(39,40)42-32-31-38)44-37(47)30-28-26-24-22-20-18-16-14-12-10-8-6-4-2/h15-18,35H,3-14,19-34,38H2,1-2H3,(H,39,40)/b17-15-,18-16-/t35-/m1/s1. The Bertz CT molecular complexity index is 842. The van der Waals surface area contributed by atoms with Gasteiger partial charge in [-0.25, -0.2) is 4.57 Å². The van der Waals surface area contributed by atoms with Crippen LogP contribution in [0.5, 0.6) is 0 Å². The van der Waals surface area contributed by atoms with Crippen LogP contribution < -0.4 is 5.73 Å². The van der Waals surface area contributed by atoms with Crippen molar-refractivity contribution in [1.29, 1.82) is 0 Å². The summed E-state index contributed by atoms with van der Waals surface area (Å²) < 4.78 is 33.9. The van der Waals surface area contributed by atoms with Gasteiger partial charge in [0.15, 0.2) is 16.2 Å². The van der Waals surface area contributed by atoms with Crippen LogP contribution in [0, 0.1) is 0 Å². The highest BCUT2D eigenvalue weighted by Gasteiger charge is 2.25. The lowest BCUT2D eigenvalue weighted by Gasteiger charge is -2.21.